The smallest absolute Gasteiger partial charge is 0.347 e. The minimum absolute atomic E-state index is 0.172. The summed E-state index contributed by atoms with van der Waals surface area (Å²) in [4.78, 5) is 10.2. The highest BCUT2D eigenvalue weighted by Gasteiger charge is 2.21. The predicted octanol–water partition coefficient (Wildman–Crippen LogP) is 0.354. The number of carbonyl (C=O) groups is 1. The van der Waals surface area contributed by atoms with Gasteiger partial charge in [0, 0.05) is 0 Å². The van der Waals surface area contributed by atoms with Gasteiger partial charge in [0.15, 0.2) is 0 Å². The van der Waals surface area contributed by atoms with E-state index in [1.165, 1.54) is 18.5 Å². The van der Waals surface area contributed by atoms with Crippen molar-refractivity contribution in [2.75, 3.05) is 7.05 Å². The Hall–Kier alpha value is -0.920. The maximum Gasteiger partial charge on any atom is 0.347 e. The van der Waals surface area contributed by atoms with Crippen LogP contribution in [0.2, 0.25) is 0 Å². The number of hydrogen-bond donors (Lipinski definition) is 2. The monoisotopic (exact) mass is 221 g/mol. The summed E-state index contributed by atoms with van der Waals surface area (Å²) in [5, 5.41) is 10.1. The molecule has 0 atom stereocenters. The van der Waals surface area contributed by atoms with Crippen molar-refractivity contribution in [2.45, 2.75) is 4.90 Å². The molecule has 0 bridgehead atoms. The van der Waals surface area contributed by atoms with E-state index < -0.39 is 16.0 Å². The molecule has 0 aliphatic carbocycles. The second-order valence-electron chi connectivity index (χ2n) is 2.13. The first kappa shape index (κ1) is 10.2. The third kappa shape index (κ3) is 1.87. The Morgan fingerprint density at radius 2 is 2.23 bits per heavy atom. The van der Waals surface area contributed by atoms with Crippen LogP contribution in [0.4, 0.5) is 0 Å². The summed E-state index contributed by atoms with van der Waals surface area (Å²) in [6.45, 7) is 0. The number of hydrogen-bond acceptors (Lipinski definition) is 4. The Morgan fingerprint density at radius 3 is 2.69 bits per heavy atom. The average molecular weight is 221 g/mol. The van der Waals surface area contributed by atoms with Crippen molar-refractivity contribution in [3.63, 3.8) is 0 Å². The highest BCUT2D eigenvalue weighted by Crippen LogP contribution is 2.21. The summed E-state index contributed by atoms with van der Waals surface area (Å²) in [6.07, 6.45) is 0. The molecule has 0 amide bonds. The molecule has 1 heterocycles. The molecule has 0 radical (unpaired) electrons. The van der Waals surface area contributed by atoms with Crippen molar-refractivity contribution in [3.8, 4) is 0 Å². The lowest BCUT2D eigenvalue weighted by Crippen LogP contribution is -2.20. The first-order valence-electron chi connectivity index (χ1n) is 3.23. The van der Waals surface area contributed by atoms with Gasteiger partial charge in [0.25, 0.3) is 0 Å². The van der Waals surface area contributed by atoms with Crippen LogP contribution < -0.4 is 4.72 Å². The van der Waals surface area contributed by atoms with Gasteiger partial charge in [0.2, 0.25) is 10.0 Å². The highest BCUT2D eigenvalue weighted by molar-refractivity contribution is 7.89. The van der Waals surface area contributed by atoms with Crippen LogP contribution in [0.3, 0.4) is 0 Å². The lowest BCUT2D eigenvalue weighted by molar-refractivity contribution is 0.0698. The molecule has 0 saturated carbocycles. The number of aromatic carboxylic acids is 1. The molecule has 1 aromatic rings. The molecule has 13 heavy (non-hydrogen) atoms. The SMILES string of the molecule is CNS(=O)(=O)c1ccsc1C(=O)O. The van der Waals surface area contributed by atoms with Crippen molar-refractivity contribution in [3.05, 3.63) is 16.3 Å². The topological polar surface area (TPSA) is 83.5 Å². The number of sulfonamides is 1. The quantitative estimate of drug-likeness (QED) is 0.771. The van der Waals surface area contributed by atoms with Crippen LogP contribution in [-0.4, -0.2) is 26.5 Å². The third-order valence-electron chi connectivity index (χ3n) is 1.38. The minimum atomic E-state index is -3.65. The molecule has 72 valence electrons. The van der Waals surface area contributed by atoms with E-state index in [1.807, 2.05) is 0 Å². The van der Waals surface area contributed by atoms with E-state index in [0.29, 0.717) is 0 Å². The van der Waals surface area contributed by atoms with E-state index in [4.69, 9.17) is 5.11 Å². The normalized spacial score (nSPS) is 11.5. The van der Waals surface area contributed by atoms with Crippen LogP contribution >= 0.6 is 11.3 Å². The van der Waals surface area contributed by atoms with Gasteiger partial charge in [-0.15, -0.1) is 11.3 Å². The van der Waals surface area contributed by atoms with Gasteiger partial charge in [-0.25, -0.2) is 17.9 Å². The highest BCUT2D eigenvalue weighted by atomic mass is 32.2. The Balaban J connectivity index is 3.31. The summed E-state index contributed by atoms with van der Waals surface area (Å²) in [7, 11) is -2.42. The van der Waals surface area contributed by atoms with Crippen LogP contribution in [0.25, 0.3) is 0 Å². The maximum atomic E-state index is 11.2. The van der Waals surface area contributed by atoms with E-state index in [-0.39, 0.29) is 9.77 Å². The summed E-state index contributed by atoms with van der Waals surface area (Å²) in [5.74, 6) is -1.23. The Morgan fingerprint density at radius 1 is 1.62 bits per heavy atom. The number of carboxylic acids is 1. The van der Waals surface area contributed by atoms with Gasteiger partial charge in [-0.1, -0.05) is 0 Å². The standard InChI is InChI=1S/C6H7NO4S2/c1-7-13(10,11)4-2-3-12-5(4)6(8)9/h2-3,7H,1H3,(H,8,9). The molecule has 0 fully saturated rings. The lowest BCUT2D eigenvalue weighted by atomic mass is 10.5. The summed E-state index contributed by atoms with van der Waals surface area (Å²) >= 11 is 0.881. The van der Waals surface area contributed by atoms with Crippen LogP contribution in [-0.2, 0) is 10.0 Å². The molecule has 2 N–H and O–H groups in total. The van der Waals surface area contributed by atoms with Crippen LogP contribution in [0.5, 0.6) is 0 Å². The molecular formula is C6H7NO4S2. The predicted molar refractivity (Wildman–Crippen MR) is 47.5 cm³/mol. The average Bonchev–Trinajstić information content (AvgIpc) is 2.52. The van der Waals surface area contributed by atoms with E-state index in [9.17, 15) is 13.2 Å². The van der Waals surface area contributed by atoms with E-state index in [1.54, 1.807) is 0 Å². The fourth-order valence-electron chi connectivity index (χ4n) is 0.775. The molecule has 0 saturated heterocycles. The van der Waals surface area contributed by atoms with E-state index >= 15 is 0 Å². The fraction of sp³-hybridized carbons (Fsp3) is 0.167. The van der Waals surface area contributed by atoms with Crippen LogP contribution in [0.15, 0.2) is 16.3 Å². The second-order valence-corrected chi connectivity index (χ2v) is 4.90. The van der Waals surface area contributed by atoms with Crippen molar-refractivity contribution in [2.24, 2.45) is 0 Å². The van der Waals surface area contributed by atoms with Gasteiger partial charge in [-0.2, -0.15) is 0 Å². The Labute approximate surface area is 79.1 Å². The molecule has 1 rings (SSSR count). The van der Waals surface area contributed by atoms with Crippen LogP contribution in [0, 0.1) is 0 Å². The van der Waals surface area contributed by atoms with Crippen LogP contribution in [0.1, 0.15) is 9.67 Å². The van der Waals surface area contributed by atoms with Gasteiger partial charge in [-0.3, -0.25) is 0 Å². The largest absolute Gasteiger partial charge is 0.477 e. The molecule has 0 aliphatic rings. The lowest BCUT2D eigenvalue weighted by Gasteiger charge is -1.99. The van der Waals surface area contributed by atoms with Gasteiger partial charge >= 0.3 is 5.97 Å². The molecule has 5 nitrogen and oxygen atoms in total. The van der Waals surface area contributed by atoms with Crippen molar-refractivity contribution < 1.29 is 18.3 Å². The van der Waals surface area contributed by atoms with Gasteiger partial charge in [0.05, 0.1) is 0 Å². The van der Waals surface area contributed by atoms with Gasteiger partial charge in [0.1, 0.15) is 9.77 Å². The number of nitrogens with one attached hydrogen (secondary N) is 1. The molecule has 7 heteroatoms. The van der Waals surface area contributed by atoms with Gasteiger partial charge in [-0.05, 0) is 18.5 Å². The summed E-state index contributed by atoms with van der Waals surface area (Å²) < 4.78 is 24.5. The first-order valence-corrected chi connectivity index (χ1v) is 5.59. The number of carboxylic acid groups (broad SMARTS) is 1. The van der Waals surface area contributed by atoms with Crippen molar-refractivity contribution in [1.82, 2.24) is 4.72 Å². The first-order chi connectivity index (χ1) is 5.99. The third-order valence-corrected chi connectivity index (χ3v) is 3.87. The zero-order valence-corrected chi connectivity index (χ0v) is 8.28. The van der Waals surface area contributed by atoms with E-state index in [0.717, 1.165) is 11.3 Å². The Bertz CT molecular complexity index is 420. The van der Waals surface area contributed by atoms with E-state index in [2.05, 4.69) is 4.72 Å². The molecule has 0 spiro atoms. The molecular weight excluding hydrogens is 214 g/mol. The maximum absolute atomic E-state index is 11.2. The van der Waals surface area contributed by atoms with Gasteiger partial charge < -0.3 is 5.11 Å². The second kappa shape index (κ2) is 3.44. The zero-order chi connectivity index (χ0) is 10.1. The number of thiophene rings is 1. The van der Waals surface area contributed by atoms with Crippen molar-refractivity contribution in [1.29, 1.82) is 0 Å². The molecule has 0 aromatic carbocycles. The summed E-state index contributed by atoms with van der Waals surface area (Å²) in [6, 6.07) is 1.26. The van der Waals surface area contributed by atoms with Crippen molar-refractivity contribution >= 4 is 27.3 Å². The minimum Gasteiger partial charge on any atom is -0.477 e. The Kier molecular flexibility index (Phi) is 2.69. The molecule has 1 aromatic heterocycles. The molecule has 0 unspecified atom stereocenters. The number of rotatable bonds is 3. The summed E-state index contributed by atoms with van der Waals surface area (Å²) in [5.41, 5.74) is 0. The zero-order valence-electron chi connectivity index (χ0n) is 6.64. The molecule has 0 aliphatic heterocycles. The fourth-order valence-corrected chi connectivity index (χ4v) is 2.76.